The fourth-order valence-electron chi connectivity index (χ4n) is 3.00. The number of nitrogen functional groups attached to an aromatic ring is 1. The first-order chi connectivity index (χ1) is 12.9. The number of rotatable bonds is 4. The maximum absolute atomic E-state index is 9.54. The molecule has 3 rings (SSSR count). The highest BCUT2D eigenvalue weighted by molar-refractivity contribution is 6.42. The van der Waals surface area contributed by atoms with E-state index in [1.165, 1.54) is 5.56 Å². The Kier molecular flexibility index (Phi) is 5.70. The van der Waals surface area contributed by atoms with Crippen LogP contribution in [0.15, 0.2) is 48.5 Å². The first-order valence-corrected chi connectivity index (χ1v) is 9.40. The van der Waals surface area contributed by atoms with E-state index in [0.29, 0.717) is 32.8 Å². The minimum Gasteiger partial charge on any atom is -0.383 e. The summed E-state index contributed by atoms with van der Waals surface area (Å²) in [6, 6.07) is 17.5. The molecule has 0 saturated carbocycles. The van der Waals surface area contributed by atoms with Crippen LogP contribution < -0.4 is 5.73 Å². The molecule has 2 N–H and O–H groups in total. The molecule has 136 valence electrons. The molecule has 0 spiro atoms. The lowest BCUT2D eigenvalue weighted by Crippen LogP contribution is -2.00. The largest absolute Gasteiger partial charge is 0.383 e. The monoisotopic (exact) mass is 395 g/mol. The third-order valence-corrected chi connectivity index (χ3v) is 5.02. The average molecular weight is 396 g/mol. The molecule has 0 bridgehead atoms. The third-order valence-electron chi connectivity index (χ3n) is 4.28. The van der Waals surface area contributed by atoms with Gasteiger partial charge in [-0.15, -0.1) is 0 Å². The van der Waals surface area contributed by atoms with Crippen LogP contribution in [0.25, 0.3) is 22.4 Å². The SMILES string of the molecule is CC(C)Cc1ccc(-c2cc(-c3ccc(Cl)c(Cl)c3)c(C#N)c(N)n2)cc1. The van der Waals surface area contributed by atoms with Crippen molar-refractivity contribution in [1.82, 2.24) is 4.98 Å². The second-order valence-corrected chi connectivity index (χ2v) is 7.67. The van der Waals surface area contributed by atoms with Gasteiger partial charge in [0.25, 0.3) is 0 Å². The Morgan fingerprint density at radius 3 is 2.26 bits per heavy atom. The zero-order valence-corrected chi connectivity index (χ0v) is 16.6. The standard InChI is InChI=1S/C22H19Cl2N3/c1-13(2)9-14-3-5-15(6-4-14)21-11-17(18(12-25)22(26)27-21)16-7-8-19(23)20(24)10-16/h3-8,10-11,13H,9H2,1-2H3,(H2,26,27). The van der Waals surface area contributed by atoms with Gasteiger partial charge in [0.15, 0.2) is 0 Å². The topological polar surface area (TPSA) is 62.7 Å². The highest BCUT2D eigenvalue weighted by Gasteiger charge is 2.14. The third kappa shape index (κ3) is 4.24. The first-order valence-electron chi connectivity index (χ1n) is 8.64. The number of nitriles is 1. The average Bonchev–Trinajstić information content (AvgIpc) is 2.63. The van der Waals surface area contributed by atoms with Crippen molar-refractivity contribution in [3.05, 3.63) is 69.7 Å². The van der Waals surface area contributed by atoms with Crippen molar-refractivity contribution < 1.29 is 0 Å². The number of anilines is 1. The summed E-state index contributed by atoms with van der Waals surface area (Å²) in [5.41, 5.74) is 10.8. The van der Waals surface area contributed by atoms with Crippen molar-refractivity contribution in [2.75, 3.05) is 5.73 Å². The molecule has 0 aliphatic heterocycles. The summed E-state index contributed by atoms with van der Waals surface area (Å²) >= 11 is 12.2. The fraction of sp³-hybridized carbons (Fsp3) is 0.182. The molecule has 0 radical (unpaired) electrons. The van der Waals surface area contributed by atoms with Crippen molar-refractivity contribution in [3.8, 4) is 28.5 Å². The molecule has 1 aromatic heterocycles. The molecule has 27 heavy (non-hydrogen) atoms. The summed E-state index contributed by atoms with van der Waals surface area (Å²) in [7, 11) is 0. The maximum atomic E-state index is 9.54. The fourth-order valence-corrected chi connectivity index (χ4v) is 3.30. The van der Waals surface area contributed by atoms with Gasteiger partial charge >= 0.3 is 0 Å². The van der Waals surface area contributed by atoms with E-state index < -0.39 is 0 Å². The Labute approximate surface area is 169 Å². The number of nitrogens with two attached hydrogens (primary N) is 1. The molecule has 1 heterocycles. The lowest BCUT2D eigenvalue weighted by molar-refractivity contribution is 0.647. The van der Waals surface area contributed by atoms with Crippen molar-refractivity contribution in [3.63, 3.8) is 0 Å². The van der Waals surface area contributed by atoms with Gasteiger partial charge in [-0.3, -0.25) is 0 Å². The Hall–Kier alpha value is -2.54. The van der Waals surface area contributed by atoms with E-state index in [1.807, 2.05) is 24.3 Å². The van der Waals surface area contributed by atoms with Crippen LogP contribution in [0.2, 0.25) is 10.0 Å². The lowest BCUT2D eigenvalue weighted by Gasteiger charge is -2.12. The minimum atomic E-state index is 0.197. The van der Waals surface area contributed by atoms with Crippen LogP contribution in [-0.2, 0) is 6.42 Å². The van der Waals surface area contributed by atoms with E-state index in [4.69, 9.17) is 28.9 Å². The molecule has 0 unspecified atom stereocenters. The number of nitrogens with zero attached hydrogens (tertiary/aromatic N) is 2. The molecule has 0 atom stereocenters. The minimum absolute atomic E-state index is 0.197. The van der Waals surface area contributed by atoms with Crippen LogP contribution in [0.1, 0.15) is 25.0 Å². The van der Waals surface area contributed by atoms with Crippen molar-refractivity contribution in [1.29, 1.82) is 5.26 Å². The van der Waals surface area contributed by atoms with Crippen molar-refractivity contribution >= 4 is 29.0 Å². The first kappa shape index (κ1) is 19.2. The number of benzene rings is 2. The summed E-state index contributed by atoms with van der Waals surface area (Å²) in [6.07, 6.45) is 1.03. The summed E-state index contributed by atoms with van der Waals surface area (Å²) in [5.74, 6) is 0.795. The molecule has 0 amide bonds. The zero-order chi connectivity index (χ0) is 19.6. The molecular weight excluding hydrogens is 377 g/mol. The number of pyridine rings is 1. The van der Waals surface area contributed by atoms with Crippen LogP contribution in [0.3, 0.4) is 0 Å². The van der Waals surface area contributed by atoms with Crippen molar-refractivity contribution in [2.45, 2.75) is 20.3 Å². The van der Waals surface area contributed by atoms with Gasteiger partial charge < -0.3 is 5.73 Å². The van der Waals surface area contributed by atoms with Crippen LogP contribution in [0.5, 0.6) is 0 Å². The highest BCUT2D eigenvalue weighted by Crippen LogP contribution is 2.34. The summed E-state index contributed by atoms with van der Waals surface area (Å²) in [5, 5.41) is 10.4. The van der Waals surface area contributed by atoms with Crippen LogP contribution in [0.4, 0.5) is 5.82 Å². The molecule has 2 aromatic carbocycles. The van der Waals surface area contributed by atoms with Gasteiger partial charge in [0, 0.05) is 11.1 Å². The van der Waals surface area contributed by atoms with Gasteiger partial charge in [0.05, 0.1) is 15.7 Å². The quantitative estimate of drug-likeness (QED) is 0.557. The van der Waals surface area contributed by atoms with E-state index in [-0.39, 0.29) is 5.82 Å². The van der Waals surface area contributed by atoms with E-state index in [2.05, 4.69) is 37.0 Å². The van der Waals surface area contributed by atoms with Gasteiger partial charge in [-0.2, -0.15) is 5.26 Å². The number of aromatic nitrogens is 1. The number of halogens is 2. The Morgan fingerprint density at radius 2 is 1.67 bits per heavy atom. The van der Waals surface area contributed by atoms with E-state index in [1.54, 1.807) is 12.1 Å². The second kappa shape index (κ2) is 8.00. The second-order valence-electron chi connectivity index (χ2n) is 6.85. The lowest BCUT2D eigenvalue weighted by atomic mass is 9.97. The predicted molar refractivity (Wildman–Crippen MR) is 113 cm³/mol. The van der Waals surface area contributed by atoms with E-state index >= 15 is 0 Å². The zero-order valence-electron chi connectivity index (χ0n) is 15.1. The van der Waals surface area contributed by atoms with Gasteiger partial charge in [0.1, 0.15) is 17.5 Å². The summed E-state index contributed by atoms with van der Waals surface area (Å²) in [6.45, 7) is 4.39. The predicted octanol–water partition coefficient (Wildman–Crippen LogP) is 6.37. The van der Waals surface area contributed by atoms with E-state index in [9.17, 15) is 5.26 Å². The van der Waals surface area contributed by atoms with Crippen LogP contribution in [0, 0.1) is 17.2 Å². The van der Waals surface area contributed by atoms with Crippen molar-refractivity contribution in [2.24, 2.45) is 5.92 Å². The Balaban J connectivity index is 2.09. The number of hydrogen-bond donors (Lipinski definition) is 1. The van der Waals surface area contributed by atoms with Gasteiger partial charge in [0.2, 0.25) is 0 Å². The van der Waals surface area contributed by atoms with Crippen LogP contribution in [-0.4, -0.2) is 4.98 Å². The Morgan fingerprint density at radius 1 is 1.00 bits per heavy atom. The highest BCUT2D eigenvalue weighted by atomic mass is 35.5. The van der Waals surface area contributed by atoms with Gasteiger partial charge in [-0.05, 0) is 41.7 Å². The van der Waals surface area contributed by atoms with Gasteiger partial charge in [-0.1, -0.05) is 67.4 Å². The smallest absolute Gasteiger partial charge is 0.142 e. The summed E-state index contributed by atoms with van der Waals surface area (Å²) in [4.78, 5) is 4.43. The normalized spacial score (nSPS) is 10.8. The Bertz CT molecular complexity index is 1020. The van der Waals surface area contributed by atoms with E-state index in [0.717, 1.165) is 17.5 Å². The van der Waals surface area contributed by atoms with Crippen LogP contribution >= 0.6 is 23.2 Å². The molecule has 0 aliphatic carbocycles. The van der Waals surface area contributed by atoms with Gasteiger partial charge in [-0.25, -0.2) is 4.98 Å². The number of hydrogen-bond acceptors (Lipinski definition) is 3. The molecule has 3 aromatic rings. The molecule has 0 aliphatic rings. The summed E-state index contributed by atoms with van der Waals surface area (Å²) < 4.78 is 0. The molecular formula is C22H19Cl2N3. The molecule has 3 nitrogen and oxygen atoms in total. The molecule has 0 fully saturated rings. The maximum Gasteiger partial charge on any atom is 0.142 e. The molecule has 0 saturated heterocycles. The molecule has 5 heteroatoms.